The molecule has 44 heavy (non-hydrogen) atoms. The standard InChI is InChI=1S/C34H43F3N6O/c1-20-17-43(18-21(2)39-20)32(41-29-15-25-14-28(22(29)3)33(25,4)5)40-26-10-11-27-30(16-26)38-19-42(31(27)44)13-12-23-6-8-24(9-7-23)34(35,36)37/h6-11,16,19-22,25,28-29,39H,12-15,17-18H2,1-5H3,(H,40,41)/t20-,21+,22-,25-,28-,29+/m1/s1. The summed E-state index contributed by atoms with van der Waals surface area (Å²) in [6, 6.07) is 11.6. The van der Waals surface area contributed by atoms with Gasteiger partial charge in [0.15, 0.2) is 5.96 Å². The first kappa shape index (κ1) is 30.6. The van der Waals surface area contributed by atoms with E-state index < -0.39 is 11.7 Å². The number of hydrogen-bond acceptors (Lipinski definition) is 4. The van der Waals surface area contributed by atoms with Crippen molar-refractivity contribution in [2.24, 2.45) is 28.2 Å². The summed E-state index contributed by atoms with van der Waals surface area (Å²) in [5.74, 6) is 2.81. The lowest BCUT2D eigenvalue weighted by Crippen LogP contribution is -2.59. The summed E-state index contributed by atoms with van der Waals surface area (Å²) in [6.07, 6.45) is -0.0114. The predicted molar refractivity (Wildman–Crippen MR) is 169 cm³/mol. The summed E-state index contributed by atoms with van der Waals surface area (Å²) in [6.45, 7) is 13.6. The van der Waals surface area contributed by atoms with Crippen LogP contribution in [0.15, 0.2) is 58.6 Å². The van der Waals surface area contributed by atoms with Crippen LogP contribution in [0.5, 0.6) is 0 Å². The minimum atomic E-state index is -4.37. The minimum absolute atomic E-state index is 0.176. The number of aliphatic imine (C=N–C) groups is 1. The third-order valence-corrected chi connectivity index (χ3v) is 10.5. The highest BCUT2D eigenvalue weighted by molar-refractivity contribution is 5.96. The van der Waals surface area contributed by atoms with Crippen molar-refractivity contribution in [2.75, 3.05) is 18.4 Å². The molecule has 1 aliphatic heterocycles. The Morgan fingerprint density at radius 2 is 1.77 bits per heavy atom. The first-order chi connectivity index (χ1) is 20.8. The van der Waals surface area contributed by atoms with Crippen molar-refractivity contribution in [3.05, 3.63) is 70.3 Å². The van der Waals surface area contributed by atoms with E-state index in [1.54, 1.807) is 6.07 Å². The van der Waals surface area contributed by atoms with Crippen LogP contribution in [0.2, 0.25) is 0 Å². The van der Waals surface area contributed by atoms with Crippen LogP contribution >= 0.6 is 0 Å². The van der Waals surface area contributed by atoms with E-state index in [9.17, 15) is 18.0 Å². The van der Waals surface area contributed by atoms with Crippen LogP contribution in [-0.4, -0.2) is 51.6 Å². The number of guanidine groups is 1. The monoisotopic (exact) mass is 608 g/mol. The van der Waals surface area contributed by atoms with Crippen LogP contribution in [0.3, 0.4) is 0 Å². The van der Waals surface area contributed by atoms with Crippen molar-refractivity contribution in [3.63, 3.8) is 0 Å². The van der Waals surface area contributed by atoms with Crippen LogP contribution in [0.1, 0.15) is 58.6 Å². The molecule has 2 N–H and O–H groups in total. The van der Waals surface area contributed by atoms with Gasteiger partial charge in [-0.3, -0.25) is 9.36 Å². The minimum Gasteiger partial charge on any atom is -0.340 e. The first-order valence-corrected chi connectivity index (χ1v) is 15.8. The molecule has 3 aliphatic carbocycles. The number of nitrogens with zero attached hydrogens (tertiary/aromatic N) is 4. The lowest BCUT2D eigenvalue weighted by Gasteiger charge is -2.61. The molecule has 0 spiro atoms. The van der Waals surface area contributed by atoms with Gasteiger partial charge in [0.25, 0.3) is 5.56 Å². The Balaban J connectivity index is 1.21. The van der Waals surface area contributed by atoms with Crippen LogP contribution in [0.25, 0.3) is 10.9 Å². The van der Waals surface area contributed by atoms with Crippen LogP contribution < -0.4 is 16.2 Å². The fourth-order valence-electron chi connectivity index (χ4n) is 7.78. The van der Waals surface area contributed by atoms with Crippen molar-refractivity contribution in [1.29, 1.82) is 0 Å². The molecule has 2 bridgehead atoms. The Hall–Kier alpha value is -3.40. The molecular formula is C34H43F3N6O. The van der Waals surface area contributed by atoms with E-state index in [0.717, 1.165) is 48.9 Å². The topological polar surface area (TPSA) is 74.5 Å². The second-order valence-electron chi connectivity index (χ2n) is 13.9. The SMILES string of the molecule is C[C@H]1[C@@H](N=C(Nc2ccc3c(=O)n(CCc4ccc(C(F)(F)F)cc4)cnc3c2)N2C[C@@H](C)N[C@@H](C)C2)C[C@H]2C[C@H]1C2(C)C. The summed E-state index contributed by atoms with van der Waals surface area (Å²) >= 11 is 0. The zero-order chi connectivity index (χ0) is 31.4. The molecule has 1 aromatic heterocycles. The average molecular weight is 609 g/mol. The van der Waals surface area contributed by atoms with Gasteiger partial charge in [0.2, 0.25) is 0 Å². The highest BCUT2D eigenvalue weighted by atomic mass is 19.4. The number of anilines is 1. The van der Waals surface area contributed by atoms with Crippen molar-refractivity contribution in [2.45, 2.75) is 84.7 Å². The molecular weight excluding hydrogens is 565 g/mol. The zero-order valence-corrected chi connectivity index (χ0v) is 26.2. The molecule has 236 valence electrons. The van der Waals surface area contributed by atoms with Crippen LogP contribution in [0.4, 0.5) is 18.9 Å². The molecule has 4 fully saturated rings. The molecule has 3 saturated carbocycles. The first-order valence-electron chi connectivity index (χ1n) is 15.8. The third-order valence-electron chi connectivity index (χ3n) is 10.5. The van der Waals surface area contributed by atoms with Gasteiger partial charge in [-0.2, -0.15) is 13.2 Å². The van der Waals surface area contributed by atoms with Gasteiger partial charge in [-0.1, -0.05) is 32.9 Å². The van der Waals surface area contributed by atoms with Gasteiger partial charge in [-0.15, -0.1) is 0 Å². The van der Waals surface area contributed by atoms with E-state index in [1.807, 2.05) is 12.1 Å². The molecule has 3 aromatic rings. The van der Waals surface area contributed by atoms with Crippen LogP contribution in [-0.2, 0) is 19.1 Å². The number of aromatic nitrogens is 2. The predicted octanol–water partition coefficient (Wildman–Crippen LogP) is 6.18. The van der Waals surface area contributed by atoms with Gasteiger partial charge in [-0.05, 0) is 92.2 Å². The Bertz CT molecular complexity index is 1590. The highest BCUT2D eigenvalue weighted by Crippen LogP contribution is 2.61. The fraction of sp³-hybridized carbons (Fsp3) is 0.559. The number of alkyl halides is 3. The molecule has 0 amide bonds. The smallest absolute Gasteiger partial charge is 0.340 e. The molecule has 7 rings (SSSR count). The Morgan fingerprint density at radius 1 is 1.07 bits per heavy atom. The number of piperazine rings is 1. The molecule has 7 nitrogen and oxygen atoms in total. The number of nitrogens with one attached hydrogen (secondary N) is 2. The number of aryl methyl sites for hydroxylation is 2. The lowest BCUT2D eigenvalue weighted by atomic mass is 9.45. The van der Waals surface area contributed by atoms with Crippen molar-refractivity contribution in [1.82, 2.24) is 19.8 Å². The normalized spacial score (nSPS) is 28.5. The van der Waals surface area contributed by atoms with Gasteiger partial charge in [-0.25, -0.2) is 9.98 Å². The zero-order valence-electron chi connectivity index (χ0n) is 26.2. The summed E-state index contributed by atoms with van der Waals surface area (Å²) in [5.41, 5.74) is 1.68. The molecule has 1 saturated heterocycles. The van der Waals surface area contributed by atoms with Gasteiger partial charge in [0, 0.05) is 37.4 Å². The second kappa shape index (κ2) is 11.5. The summed E-state index contributed by atoms with van der Waals surface area (Å²) in [7, 11) is 0. The summed E-state index contributed by atoms with van der Waals surface area (Å²) in [4.78, 5) is 25.6. The largest absolute Gasteiger partial charge is 0.416 e. The maximum Gasteiger partial charge on any atom is 0.416 e. The van der Waals surface area contributed by atoms with E-state index >= 15 is 0 Å². The Morgan fingerprint density at radius 3 is 2.41 bits per heavy atom. The number of rotatable bonds is 5. The van der Waals surface area contributed by atoms with E-state index in [1.165, 1.54) is 29.4 Å². The van der Waals surface area contributed by atoms with Crippen molar-refractivity contribution in [3.8, 4) is 0 Å². The number of hydrogen-bond donors (Lipinski definition) is 2. The lowest BCUT2D eigenvalue weighted by molar-refractivity contribution is -0.137. The highest BCUT2D eigenvalue weighted by Gasteiger charge is 2.56. The maximum atomic E-state index is 13.3. The van der Waals surface area contributed by atoms with Gasteiger partial charge in [0.1, 0.15) is 0 Å². The molecule has 2 aromatic carbocycles. The summed E-state index contributed by atoms with van der Waals surface area (Å²) < 4.78 is 40.2. The summed E-state index contributed by atoms with van der Waals surface area (Å²) in [5, 5.41) is 7.73. The number of halogens is 3. The van der Waals surface area contributed by atoms with E-state index in [4.69, 9.17) is 4.99 Å². The Labute approximate surface area is 257 Å². The number of benzene rings is 2. The molecule has 2 heterocycles. The van der Waals surface area contributed by atoms with E-state index in [2.05, 4.69) is 55.1 Å². The average Bonchev–Trinajstić information content (AvgIpc) is 2.96. The van der Waals surface area contributed by atoms with Gasteiger partial charge < -0.3 is 15.5 Å². The second-order valence-corrected chi connectivity index (χ2v) is 13.9. The van der Waals surface area contributed by atoms with Crippen molar-refractivity contribution >= 4 is 22.5 Å². The molecule has 0 unspecified atom stereocenters. The third kappa shape index (κ3) is 5.97. The molecule has 0 radical (unpaired) electrons. The van der Waals surface area contributed by atoms with Crippen molar-refractivity contribution < 1.29 is 13.2 Å². The van der Waals surface area contributed by atoms with Gasteiger partial charge in [0.05, 0.1) is 28.8 Å². The molecule has 6 atom stereocenters. The Kier molecular flexibility index (Phi) is 8.01. The van der Waals surface area contributed by atoms with E-state index in [-0.39, 0.29) is 11.6 Å². The maximum absolute atomic E-state index is 13.3. The van der Waals surface area contributed by atoms with Gasteiger partial charge >= 0.3 is 6.18 Å². The van der Waals surface area contributed by atoms with E-state index in [0.29, 0.717) is 59.1 Å². The molecule has 4 aliphatic rings. The number of fused-ring (bicyclic) bond motifs is 3. The molecule has 10 heteroatoms. The van der Waals surface area contributed by atoms with Crippen LogP contribution in [0, 0.1) is 23.2 Å². The quantitative estimate of drug-likeness (QED) is 0.267. The fourth-order valence-corrected chi connectivity index (χ4v) is 7.78.